The van der Waals surface area contributed by atoms with Crippen LogP contribution in [0.1, 0.15) is 56.6 Å². The zero-order valence-electron chi connectivity index (χ0n) is 32.2. The Bertz CT molecular complexity index is 1610. The number of carbonyl (C=O) groups is 6. The van der Waals surface area contributed by atoms with E-state index < -0.39 is 61.6 Å². The molecule has 0 radical (unpaired) electrons. The third-order valence-corrected chi connectivity index (χ3v) is 9.53. The van der Waals surface area contributed by atoms with Crippen molar-refractivity contribution in [2.75, 3.05) is 19.6 Å². The number of amides is 3. The predicted molar refractivity (Wildman–Crippen MR) is 194 cm³/mol. The third kappa shape index (κ3) is 11.3. The molecular weight excluding hydrogens is 736 g/mol. The number of hydrogen-bond donors (Lipinski definition) is 0. The Morgan fingerprint density at radius 3 is 1.02 bits per heavy atom. The van der Waals surface area contributed by atoms with E-state index in [9.17, 15) is 28.8 Å². The summed E-state index contributed by atoms with van der Waals surface area (Å²) in [6, 6.07) is 23.7. The van der Waals surface area contributed by atoms with E-state index in [1.54, 1.807) is 72.8 Å². The SMILES string of the molecule is O=C(OB(OC(=O)[C@H]1CCCN1C(=O)OCc1ccccc1)OC(=O)[C@H]1CCCN1C(=O)OCc1ccccc1)[C@H]1CCCN1C(=O)OCc1ccccc1.[H-].[Na+]. The molecule has 0 N–H and O–H groups in total. The van der Waals surface area contributed by atoms with Gasteiger partial charge in [0.2, 0.25) is 0 Å². The molecule has 0 bridgehead atoms. The molecule has 3 atom stereocenters. The van der Waals surface area contributed by atoms with Crippen molar-refractivity contribution in [3.8, 4) is 0 Å². The number of ether oxygens (including phenoxy) is 3. The minimum Gasteiger partial charge on any atom is -1.00 e. The van der Waals surface area contributed by atoms with Gasteiger partial charge in [0.25, 0.3) is 0 Å². The molecule has 56 heavy (non-hydrogen) atoms. The Morgan fingerprint density at radius 2 is 0.750 bits per heavy atom. The summed E-state index contributed by atoms with van der Waals surface area (Å²) < 4.78 is 32.8. The number of benzene rings is 3. The normalized spacial score (nSPS) is 18.6. The Labute approximate surface area is 348 Å². The predicted octanol–water partition coefficient (Wildman–Crippen LogP) is 2.12. The Hall–Kier alpha value is -5.06. The number of rotatable bonds is 12. The fourth-order valence-electron chi connectivity index (χ4n) is 6.69. The fraction of sp³-hybridized carbons (Fsp3) is 0.385. The molecule has 3 heterocycles. The van der Waals surface area contributed by atoms with Crippen LogP contribution in [-0.4, -0.2) is 96.0 Å². The van der Waals surface area contributed by atoms with Crippen LogP contribution < -0.4 is 29.6 Å². The molecule has 290 valence electrons. The second-order valence-corrected chi connectivity index (χ2v) is 13.3. The molecule has 3 aromatic rings. The monoisotopic (exact) mass is 779 g/mol. The van der Waals surface area contributed by atoms with Gasteiger partial charge in [-0.2, -0.15) is 0 Å². The molecule has 0 unspecified atom stereocenters. The van der Waals surface area contributed by atoms with Crippen LogP contribution in [0, 0.1) is 0 Å². The van der Waals surface area contributed by atoms with Gasteiger partial charge in [0, 0.05) is 19.6 Å². The summed E-state index contributed by atoms with van der Waals surface area (Å²) in [6.07, 6.45) is -0.262. The quantitative estimate of drug-likeness (QED) is 0.195. The van der Waals surface area contributed by atoms with Gasteiger partial charge in [-0.3, -0.25) is 29.1 Å². The van der Waals surface area contributed by atoms with E-state index in [0.29, 0.717) is 19.3 Å². The summed E-state index contributed by atoms with van der Waals surface area (Å²) in [5.74, 6) is -3.01. The fourth-order valence-corrected chi connectivity index (χ4v) is 6.69. The van der Waals surface area contributed by atoms with E-state index in [0.717, 1.165) is 16.7 Å². The third-order valence-electron chi connectivity index (χ3n) is 9.53. The van der Waals surface area contributed by atoms with E-state index in [1.807, 2.05) is 18.2 Å². The van der Waals surface area contributed by atoms with E-state index in [1.165, 1.54) is 14.7 Å². The molecule has 3 aliphatic heterocycles. The Morgan fingerprint density at radius 1 is 0.482 bits per heavy atom. The first-order valence-corrected chi connectivity index (χ1v) is 18.3. The van der Waals surface area contributed by atoms with Crippen molar-refractivity contribution >= 4 is 43.5 Å². The molecule has 0 aromatic heterocycles. The van der Waals surface area contributed by atoms with Crippen LogP contribution in [0.2, 0.25) is 0 Å². The molecule has 0 saturated carbocycles. The smallest absolute Gasteiger partial charge is 1.00 e. The molecular formula is C39H43BN3NaO12. The van der Waals surface area contributed by atoms with Gasteiger partial charge in [0.1, 0.15) is 37.9 Å². The zero-order chi connectivity index (χ0) is 38.6. The van der Waals surface area contributed by atoms with Crippen LogP contribution in [0.5, 0.6) is 0 Å². The van der Waals surface area contributed by atoms with Crippen molar-refractivity contribution in [2.24, 2.45) is 0 Å². The molecule has 3 fully saturated rings. The molecule has 3 aliphatic rings. The average Bonchev–Trinajstić information content (AvgIpc) is 4.01. The molecule has 15 nitrogen and oxygen atoms in total. The van der Waals surface area contributed by atoms with E-state index in [4.69, 9.17) is 28.2 Å². The maximum Gasteiger partial charge on any atom is 1.00 e. The Kier molecular flexibility index (Phi) is 15.6. The van der Waals surface area contributed by atoms with Gasteiger partial charge in [0.05, 0.1) is 0 Å². The molecule has 0 spiro atoms. The summed E-state index contributed by atoms with van der Waals surface area (Å²) in [4.78, 5) is 83.6. The minimum atomic E-state index is -2.21. The second kappa shape index (κ2) is 20.7. The van der Waals surface area contributed by atoms with Crippen molar-refractivity contribution in [3.05, 3.63) is 108 Å². The van der Waals surface area contributed by atoms with E-state index in [2.05, 4.69) is 0 Å². The standard InChI is InChI=1S/C39H42BN3O12.Na.H/c44-34(31-19-10-22-41(31)37(47)50-25-28-13-4-1-5-14-28)53-40(54-35(45)32-20-11-23-42(32)38(48)51-26-29-15-6-2-7-16-29)55-36(46)33-21-12-24-43(33)39(49)52-27-30-17-8-3-9-18-30;;/h1-9,13-18,31-33H,10-12,19-27H2;;/q;+1;-1/t31-,32-,33-;;/m1../s1. The van der Waals surface area contributed by atoms with Crippen LogP contribution in [-0.2, 0) is 62.4 Å². The average molecular weight is 780 g/mol. The number of likely N-dealkylation sites (tertiary alicyclic amines) is 3. The molecule has 6 rings (SSSR count). The number of hydrogen-bond acceptors (Lipinski definition) is 12. The van der Waals surface area contributed by atoms with E-state index in [-0.39, 0.29) is 89.7 Å². The Balaban J connectivity index is 0.00000360. The van der Waals surface area contributed by atoms with Crippen molar-refractivity contribution < 1.29 is 87.9 Å². The zero-order valence-corrected chi connectivity index (χ0v) is 33.2. The molecule has 0 aliphatic carbocycles. The molecule has 3 aromatic carbocycles. The van der Waals surface area contributed by atoms with Gasteiger partial charge < -0.3 is 29.6 Å². The van der Waals surface area contributed by atoms with Gasteiger partial charge >= 0.3 is 73.1 Å². The minimum absolute atomic E-state index is 0. The van der Waals surface area contributed by atoms with Crippen molar-refractivity contribution in [3.63, 3.8) is 0 Å². The maximum atomic E-state index is 13.6. The van der Waals surface area contributed by atoms with Gasteiger partial charge in [-0.1, -0.05) is 91.0 Å². The molecule has 3 amide bonds. The first-order chi connectivity index (χ1) is 26.8. The van der Waals surface area contributed by atoms with Crippen molar-refractivity contribution in [1.82, 2.24) is 14.7 Å². The molecule has 3 saturated heterocycles. The van der Waals surface area contributed by atoms with Crippen molar-refractivity contribution in [1.29, 1.82) is 0 Å². The summed E-state index contributed by atoms with van der Waals surface area (Å²) in [5, 5.41) is 0. The number of nitrogens with zero attached hydrogens (tertiary/aromatic N) is 3. The first kappa shape index (κ1) is 42.1. The summed E-state index contributed by atoms with van der Waals surface area (Å²) in [6.45, 7) is 0.527. The molecule has 17 heteroatoms. The van der Waals surface area contributed by atoms with Crippen LogP contribution in [0.3, 0.4) is 0 Å². The van der Waals surface area contributed by atoms with Crippen LogP contribution >= 0.6 is 0 Å². The van der Waals surface area contributed by atoms with Crippen molar-refractivity contribution in [2.45, 2.75) is 76.5 Å². The van der Waals surface area contributed by atoms with Gasteiger partial charge in [-0.25, -0.2) is 14.4 Å². The van der Waals surface area contributed by atoms with Crippen LogP contribution in [0.15, 0.2) is 91.0 Å². The van der Waals surface area contributed by atoms with Crippen LogP contribution in [0.25, 0.3) is 0 Å². The van der Waals surface area contributed by atoms with Crippen LogP contribution in [0.4, 0.5) is 14.4 Å². The summed E-state index contributed by atoms with van der Waals surface area (Å²) >= 11 is 0. The second-order valence-electron chi connectivity index (χ2n) is 13.3. The van der Waals surface area contributed by atoms with E-state index >= 15 is 0 Å². The number of carbonyl (C=O) groups excluding carboxylic acids is 6. The summed E-state index contributed by atoms with van der Waals surface area (Å²) in [7, 11) is -2.21. The van der Waals surface area contributed by atoms with Gasteiger partial charge in [0.15, 0.2) is 0 Å². The topological polar surface area (TPSA) is 168 Å². The first-order valence-electron chi connectivity index (χ1n) is 18.3. The largest absolute Gasteiger partial charge is 1.00 e. The van der Waals surface area contributed by atoms with Gasteiger partial charge in [-0.05, 0) is 55.2 Å². The van der Waals surface area contributed by atoms with Gasteiger partial charge in [-0.15, -0.1) is 0 Å². The summed E-state index contributed by atoms with van der Waals surface area (Å²) in [5.41, 5.74) is 2.26. The maximum absolute atomic E-state index is 13.6.